The first-order valence-corrected chi connectivity index (χ1v) is 7.13. The Kier molecular flexibility index (Phi) is 5.59. The number of ether oxygens (including phenoxy) is 1. The van der Waals surface area contributed by atoms with E-state index in [2.05, 4.69) is 32.1 Å². The van der Waals surface area contributed by atoms with Crippen molar-refractivity contribution in [2.75, 3.05) is 26.3 Å². The molecule has 1 heterocycles. The van der Waals surface area contributed by atoms with Crippen LogP contribution in [0, 0.1) is 0 Å². The van der Waals surface area contributed by atoms with Crippen molar-refractivity contribution in [3.8, 4) is 0 Å². The lowest BCUT2D eigenvalue weighted by molar-refractivity contribution is -0.371. The zero-order chi connectivity index (χ0) is 13.8. The van der Waals surface area contributed by atoms with Crippen LogP contribution in [0.1, 0.15) is 47.0 Å². The topological polar surface area (TPSA) is 64.0 Å². The molecule has 1 rings (SSSR count). The van der Waals surface area contributed by atoms with Gasteiger partial charge >= 0.3 is 0 Å². The number of hydrogen-bond donors (Lipinski definition) is 2. The molecule has 1 aliphatic rings. The van der Waals surface area contributed by atoms with Gasteiger partial charge in [0.05, 0.1) is 0 Å². The van der Waals surface area contributed by atoms with Crippen LogP contribution in [0.3, 0.4) is 0 Å². The highest BCUT2D eigenvalue weighted by molar-refractivity contribution is 4.99. The predicted molar refractivity (Wildman–Crippen MR) is 75.8 cm³/mol. The van der Waals surface area contributed by atoms with Crippen molar-refractivity contribution in [3.05, 3.63) is 0 Å². The normalized spacial score (nSPS) is 32.7. The highest BCUT2D eigenvalue weighted by atomic mass is 16.7. The van der Waals surface area contributed by atoms with Gasteiger partial charge in [0.15, 0.2) is 12.2 Å². The fraction of sp³-hybridized carbons (Fsp3) is 1.00. The molecule has 4 N–H and O–H groups in total. The zero-order valence-electron chi connectivity index (χ0n) is 12.5. The van der Waals surface area contributed by atoms with Gasteiger partial charge in [0.25, 0.3) is 0 Å². The molecule has 1 saturated heterocycles. The van der Waals surface area contributed by atoms with Crippen LogP contribution in [-0.2, 0) is 9.10 Å². The summed E-state index contributed by atoms with van der Waals surface area (Å²) in [5, 5.41) is 0. The molecular formula is C14H31N2O2+. The molecule has 2 unspecified atom stereocenters. The molecule has 18 heavy (non-hydrogen) atoms. The summed E-state index contributed by atoms with van der Waals surface area (Å²) in [6, 6.07) is 0. The van der Waals surface area contributed by atoms with E-state index >= 15 is 0 Å². The first-order chi connectivity index (χ1) is 8.37. The second-order valence-corrected chi connectivity index (χ2v) is 6.07. The monoisotopic (exact) mass is 259 g/mol. The quantitative estimate of drug-likeness (QED) is 0.712. The van der Waals surface area contributed by atoms with Gasteiger partial charge in [-0.2, -0.15) is 0 Å². The Balaban J connectivity index is 2.81. The molecule has 1 aliphatic heterocycles. The van der Waals surface area contributed by atoms with Crippen molar-refractivity contribution in [1.82, 2.24) is 0 Å². The van der Waals surface area contributed by atoms with Gasteiger partial charge in [-0.05, 0) is 39.8 Å². The summed E-state index contributed by atoms with van der Waals surface area (Å²) in [6.45, 7) is 12.2. The van der Waals surface area contributed by atoms with E-state index in [9.17, 15) is 0 Å². The summed E-state index contributed by atoms with van der Waals surface area (Å²) in [7, 11) is 0. The smallest absolute Gasteiger partial charge is 0.189 e. The van der Waals surface area contributed by atoms with Gasteiger partial charge in [0.2, 0.25) is 0 Å². The van der Waals surface area contributed by atoms with Crippen LogP contribution in [0.2, 0.25) is 0 Å². The molecule has 4 heteroatoms. The maximum atomic E-state index is 6.25. The number of nitrogens with two attached hydrogens (primary N) is 2. The van der Waals surface area contributed by atoms with Gasteiger partial charge in [-0.15, -0.1) is 0 Å². The maximum Gasteiger partial charge on any atom is 0.189 e. The first kappa shape index (κ1) is 15.9. The van der Waals surface area contributed by atoms with E-state index in [1.54, 1.807) is 0 Å². The molecule has 0 aliphatic carbocycles. The SMILES string of the molecule is CC1C[O+](CCCN)C(C)(C)C(C)(CCCN)O1. The van der Waals surface area contributed by atoms with E-state index in [1.807, 2.05) is 0 Å². The Labute approximate surface area is 112 Å². The molecule has 0 bridgehead atoms. The minimum atomic E-state index is -0.163. The Morgan fingerprint density at radius 2 is 1.78 bits per heavy atom. The lowest BCUT2D eigenvalue weighted by atomic mass is 9.81. The molecule has 2 atom stereocenters. The minimum absolute atomic E-state index is 0.0517. The Hall–Kier alpha value is -0.160. The van der Waals surface area contributed by atoms with Crippen molar-refractivity contribution in [2.24, 2.45) is 11.5 Å². The van der Waals surface area contributed by atoms with Crippen LogP contribution in [-0.4, -0.2) is 43.6 Å². The largest absolute Gasteiger partial charge is 0.414 e. The average Bonchev–Trinajstić information content (AvgIpc) is 2.30. The second kappa shape index (κ2) is 6.33. The van der Waals surface area contributed by atoms with E-state index in [1.165, 1.54) is 0 Å². The lowest BCUT2D eigenvalue weighted by Gasteiger charge is -2.52. The number of hydrogen-bond acceptors (Lipinski definition) is 3. The molecule has 0 saturated carbocycles. The van der Waals surface area contributed by atoms with Crippen LogP contribution in [0.15, 0.2) is 0 Å². The summed E-state index contributed by atoms with van der Waals surface area (Å²) < 4.78 is 9.70. The molecule has 0 aromatic rings. The van der Waals surface area contributed by atoms with Gasteiger partial charge in [-0.25, -0.2) is 0 Å². The first-order valence-electron chi connectivity index (χ1n) is 7.13. The average molecular weight is 259 g/mol. The Morgan fingerprint density at radius 1 is 1.17 bits per heavy atom. The predicted octanol–water partition coefficient (Wildman–Crippen LogP) is 1.58. The fourth-order valence-corrected chi connectivity index (χ4v) is 2.81. The zero-order valence-corrected chi connectivity index (χ0v) is 12.5. The van der Waals surface area contributed by atoms with Crippen LogP contribution in [0.5, 0.6) is 0 Å². The van der Waals surface area contributed by atoms with E-state index in [0.29, 0.717) is 0 Å². The molecular weight excluding hydrogens is 228 g/mol. The molecule has 0 radical (unpaired) electrons. The van der Waals surface area contributed by atoms with Crippen LogP contribution in [0.25, 0.3) is 0 Å². The minimum Gasteiger partial charge on any atom is -0.414 e. The third-order valence-electron chi connectivity index (χ3n) is 4.35. The lowest BCUT2D eigenvalue weighted by Crippen LogP contribution is -2.63. The molecule has 1 fully saturated rings. The summed E-state index contributed by atoms with van der Waals surface area (Å²) in [6.07, 6.45) is 3.24. The highest BCUT2D eigenvalue weighted by Gasteiger charge is 2.55. The second-order valence-electron chi connectivity index (χ2n) is 6.07. The maximum absolute atomic E-state index is 6.25. The van der Waals surface area contributed by atoms with Crippen LogP contribution < -0.4 is 11.5 Å². The van der Waals surface area contributed by atoms with E-state index in [-0.39, 0.29) is 17.3 Å². The van der Waals surface area contributed by atoms with Crippen molar-refractivity contribution in [1.29, 1.82) is 0 Å². The van der Waals surface area contributed by atoms with Crippen LogP contribution >= 0.6 is 0 Å². The van der Waals surface area contributed by atoms with Gasteiger partial charge in [0, 0.05) is 20.3 Å². The van der Waals surface area contributed by atoms with Crippen molar-refractivity contribution >= 4 is 0 Å². The Morgan fingerprint density at radius 3 is 2.33 bits per heavy atom. The third-order valence-corrected chi connectivity index (χ3v) is 4.35. The summed E-state index contributed by atoms with van der Waals surface area (Å²) in [5.41, 5.74) is 11.1. The van der Waals surface area contributed by atoms with Crippen LogP contribution in [0.4, 0.5) is 0 Å². The van der Waals surface area contributed by atoms with E-state index in [0.717, 1.165) is 45.6 Å². The van der Waals surface area contributed by atoms with E-state index < -0.39 is 0 Å². The van der Waals surface area contributed by atoms with Gasteiger partial charge in [-0.3, -0.25) is 0 Å². The van der Waals surface area contributed by atoms with Crippen molar-refractivity contribution in [2.45, 2.75) is 64.3 Å². The molecule has 108 valence electrons. The summed E-state index contributed by atoms with van der Waals surface area (Å²) >= 11 is 0. The highest BCUT2D eigenvalue weighted by Crippen LogP contribution is 2.42. The standard InChI is InChI=1S/C14H31N2O2/c1-12-11-18(10-6-9-16)13(2,3)14(4,17-12)7-5-8-15/h12H,5-11,15-16H2,1-4H3/q+1. The molecule has 0 aromatic carbocycles. The van der Waals surface area contributed by atoms with Gasteiger partial charge < -0.3 is 20.6 Å². The van der Waals surface area contributed by atoms with E-state index in [4.69, 9.17) is 16.2 Å². The van der Waals surface area contributed by atoms with Crippen molar-refractivity contribution in [3.63, 3.8) is 0 Å². The van der Waals surface area contributed by atoms with Gasteiger partial charge in [0.1, 0.15) is 18.3 Å². The fourth-order valence-electron chi connectivity index (χ4n) is 2.81. The summed E-state index contributed by atoms with van der Waals surface area (Å²) in [4.78, 5) is 0. The summed E-state index contributed by atoms with van der Waals surface area (Å²) in [5.74, 6) is 0. The molecule has 0 spiro atoms. The molecule has 0 aromatic heterocycles. The third kappa shape index (κ3) is 3.23. The molecule has 4 nitrogen and oxygen atoms in total. The number of rotatable bonds is 6. The van der Waals surface area contributed by atoms with Crippen molar-refractivity contribution < 1.29 is 9.10 Å². The molecule has 0 amide bonds. The van der Waals surface area contributed by atoms with Gasteiger partial charge in [-0.1, -0.05) is 0 Å². The Bertz CT molecular complexity index is 258.